The first-order valence-corrected chi connectivity index (χ1v) is 6.83. The Hall–Kier alpha value is -1.75. The van der Waals surface area contributed by atoms with Gasteiger partial charge in [0.1, 0.15) is 5.70 Å². The maximum atomic E-state index is 12.8. The molecule has 2 amide bonds. The summed E-state index contributed by atoms with van der Waals surface area (Å²) in [7, 11) is 1.57. The fourth-order valence-corrected chi connectivity index (χ4v) is 3.56. The number of likely N-dealkylation sites (N-methyl/N-ethyl adjacent to an activating group) is 1. The second kappa shape index (κ2) is 3.67. The second-order valence-electron chi connectivity index (χ2n) is 5.77. The van der Waals surface area contributed by atoms with E-state index in [9.17, 15) is 9.59 Å². The van der Waals surface area contributed by atoms with E-state index in [4.69, 9.17) is 0 Å². The van der Waals surface area contributed by atoms with Crippen molar-refractivity contribution in [3.63, 3.8) is 0 Å². The summed E-state index contributed by atoms with van der Waals surface area (Å²) in [5, 5.41) is 0. The summed E-state index contributed by atoms with van der Waals surface area (Å²) >= 11 is 4.66. The molecule has 20 heavy (non-hydrogen) atoms. The molecule has 2 heterocycles. The Bertz CT molecular complexity index is 668. The lowest BCUT2D eigenvalue weighted by Gasteiger charge is -2.47. The van der Waals surface area contributed by atoms with Crippen LogP contribution in [0.25, 0.3) is 0 Å². The molecule has 1 fully saturated rings. The van der Waals surface area contributed by atoms with Crippen LogP contribution in [-0.2, 0) is 15.0 Å². The van der Waals surface area contributed by atoms with E-state index in [-0.39, 0.29) is 17.5 Å². The minimum absolute atomic E-state index is 0.173. The number of hydrogen-bond acceptors (Lipinski definition) is 3. The van der Waals surface area contributed by atoms with Crippen molar-refractivity contribution in [2.75, 3.05) is 11.9 Å². The fraction of sp³-hybridized carbons (Fsp3) is 0.333. The molecule has 0 bridgehead atoms. The molecule has 0 unspecified atom stereocenters. The van der Waals surface area contributed by atoms with Crippen LogP contribution in [0.4, 0.5) is 5.69 Å². The lowest BCUT2D eigenvalue weighted by molar-refractivity contribution is -0.139. The van der Waals surface area contributed by atoms with Crippen LogP contribution in [0, 0.1) is 0 Å². The molecule has 0 N–H and O–H groups in total. The highest BCUT2D eigenvalue weighted by Crippen LogP contribution is 2.56. The zero-order valence-electron chi connectivity index (χ0n) is 11.7. The van der Waals surface area contributed by atoms with Gasteiger partial charge in [-0.25, -0.2) is 0 Å². The standard InChI is InChI=1S/C15H16N2O2S/c1-9-12(18)17-11-8-6-5-7-10(11)14(2,3)15(17,20)13(19)16(9)4/h5-8,20H,1H2,2-4H3/t15-/m0/s1. The summed E-state index contributed by atoms with van der Waals surface area (Å²) in [6.45, 7) is 7.59. The van der Waals surface area contributed by atoms with Gasteiger partial charge in [-0.2, -0.15) is 0 Å². The number of carbonyl (C=O) groups excluding carboxylic acids is 2. The van der Waals surface area contributed by atoms with Gasteiger partial charge < -0.3 is 4.90 Å². The van der Waals surface area contributed by atoms with Gasteiger partial charge >= 0.3 is 0 Å². The fourth-order valence-electron chi connectivity index (χ4n) is 3.09. The first kappa shape index (κ1) is 13.2. The predicted octanol–water partition coefficient (Wildman–Crippen LogP) is 1.92. The Morgan fingerprint density at radius 2 is 1.80 bits per heavy atom. The van der Waals surface area contributed by atoms with Crippen molar-refractivity contribution >= 4 is 30.1 Å². The number of piperazine rings is 1. The Balaban J connectivity index is 2.35. The molecule has 4 nitrogen and oxygen atoms in total. The molecule has 1 saturated heterocycles. The van der Waals surface area contributed by atoms with E-state index in [1.807, 2.05) is 38.1 Å². The van der Waals surface area contributed by atoms with E-state index in [0.717, 1.165) is 11.3 Å². The van der Waals surface area contributed by atoms with E-state index in [1.54, 1.807) is 7.05 Å². The van der Waals surface area contributed by atoms with Gasteiger partial charge in [0, 0.05) is 18.2 Å². The van der Waals surface area contributed by atoms with E-state index in [1.165, 1.54) is 9.80 Å². The lowest BCUT2D eigenvalue weighted by Crippen LogP contribution is -2.67. The number of para-hydroxylation sites is 1. The number of nitrogens with zero attached hydrogens (tertiary/aromatic N) is 2. The number of thiol groups is 1. The Morgan fingerprint density at radius 1 is 1.20 bits per heavy atom. The van der Waals surface area contributed by atoms with Crippen LogP contribution in [0.15, 0.2) is 36.5 Å². The number of fused-ring (bicyclic) bond motifs is 3. The average molecular weight is 288 g/mol. The third-order valence-electron chi connectivity index (χ3n) is 4.47. The summed E-state index contributed by atoms with van der Waals surface area (Å²) < 4.78 is 0. The molecular weight excluding hydrogens is 272 g/mol. The van der Waals surface area contributed by atoms with Gasteiger partial charge in [0.2, 0.25) is 0 Å². The van der Waals surface area contributed by atoms with Gasteiger partial charge in [-0.3, -0.25) is 14.5 Å². The van der Waals surface area contributed by atoms with Crippen LogP contribution < -0.4 is 4.90 Å². The van der Waals surface area contributed by atoms with Gasteiger partial charge in [-0.1, -0.05) is 38.6 Å². The molecule has 104 valence electrons. The van der Waals surface area contributed by atoms with E-state index >= 15 is 0 Å². The Labute approximate surface area is 123 Å². The highest BCUT2D eigenvalue weighted by atomic mass is 32.1. The molecule has 1 aromatic rings. The molecule has 5 heteroatoms. The van der Waals surface area contributed by atoms with Crippen LogP contribution in [0.5, 0.6) is 0 Å². The molecule has 1 atom stereocenters. The van der Waals surface area contributed by atoms with Crippen LogP contribution in [0.2, 0.25) is 0 Å². The smallest absolute Gasteiger partial charge is 0.276 e. The van der Waals surface area contributed by atoms with Crippen LogP contribution in [-0.4, -0.2) is 28.6 Å². The quantitative estimate of drug-likeness (QED) is 0.585. The van der Waals surface area contributed by atoms with Crippen molar-refractivity contribution in [1.29, 1.82) is 0 Å². The molecule has 1 aromatic carbocycles. The van der Waals surface area contributed by atoms with E-state index in [2.05, 4.69) is 19.2 Å². The van der Waals surface area contributed by atoms with E-state index in [0.29, 0.717) is 0 Å². The molecule has 2 aliphatic rings. The summed E-state index contributed by atoms with van der Waals surface area (Å²) in [6, 6.07) is 7.55. The van der Waals surface area contributed by atoms with Gasteiger partial charge in [0.15, 0.2) is 4.87 Å². The summed E-state index contributed by atoms with van der Waals surface area (Å²) in [6.07, 6.45) is 0. The maximum Gasteiger partial charge on any atom is 0.276 e. The highest BCUT2D eigenvalue weighted by Gasteiger charge is 2.65. The van der Waals surface area contributed by atoms with Crippen molar-refractivity contribution in [1.82, 2.24) is 4.90 Å². The van der Waals surface area contributed by atoms with Gasteiger partial charge in [0.05, 0.1) is 0 Å². The third-order valence-corrected chi connectivity index (χ3v) is 5.42. The molecule has 2 aliphatic heterocycles. The topological polar surface area (TPSA) is 40.6 Å². The molecule has 0 radical (unpaired) electrons. The summed E-state index contributed by atoms with van der Waals surface area (Å²) in [4.78, 5) is 26.9. The number of rotatable bonds is 0. The normalized spacial score (nSPS) is 27.7. The number of hydrogen-bond donors (Lipinski definition) is 1. The Kier molecular flexibility index (Phi) is 2.43. The molecule has 3 rings (SSSR count). The first-order valence-electron chi connectivity index (χ1n) is 6.38. The number of benzene rings is 1. The monoisotopic (exact) mass is 288 g/mol. The zero-order chi connectivity index (χ0) is 14.9. The summed E-state index contributed by atoms with van der Waals surface area (Å²) in [5.74, 6) is -0.508. The highest BCUT2D eigenvalue weighted by molar-refractivity contribution is 7.83. The molecule has 0 aliphatic carbocycles. The lowest BCUT2D eigenvalue weighted by atomic mass is 9.78. The van der Waals surface area contributed by atoms with Gasteiger partial charge in [0.25, 0.3) is 11.8 Å². The number of amides is 2. The van der Waals surface area contributed by atoms with Crippen molar-refractivity contribution < 1.29 is 9.59 Å². The summed E-state index contributed by atoms with van der Waals surface area (Å²) in [5.41, 5.74) is 1.26. The van der Waals surface area contributed by atoms with Crippen LogP contribution in [0.1, 0.15) is 19.4 Å². The maximum absolute atomic E-state index is 12.8. The number of anilines is 1. The minimum atomic E-state index is -1.22. The van der Waals surface area contributed by atoms with Crippen molar-refractivity contribution in [2.24, 2.45) is 0 Å². The zero-order valence-corrected chi connectivity index (χ0v) is 12.6. The largest absolute Gasteiger partial charge is 0.308 e. The SMILES string of the molecule is C=C1C(=O)N2c3ccccc3C(C)(C)[C@@]2(S)C(=O)N1C. The van der Waals surface area contributed by atoms with Gasteiger partial charge in [-0.05, 0) is 11.6 Å². The minimum Gasteiger partial charge on any atom is -0.308 e. The third kappa shape index (κ3) is 1.19. The number of carbonyl (C=O) groups is 2. The second-order valence-corrected chi connectivity index (χ2v) is 6.41. The van der Waals surface area contributed by atoms with Crippen LogP contribution in [0.3, 0.4) is 0 Å². The van der Waals surface area contributed by atoms with Crippen molar-refractivity contribution in [3.05, 3.63) is 42.1 Å². The Morgan fingerprint density at radius 3 is 2.45 bits per heavy atom. The van der Waals surface area contributed by atoms with Crippen molar-refractivity contribution in [3.8, 4) is 0 Å². The molecule has 0 spiro atoms. The van der Waals surface area contributed by atoms with Crippen molar-refractivity contribution in [2.45, 2.75) is 24.1 Å². The average Bonchev–Trinajstić information content (AvgIpc) is 2.61. The van der Waals surface area contributed by atoms with Gasteiger partial charge in [-0.15, -0.1) is 12.6 Å². The molecule has 0 saturated carbocycles. The van der Waals surface area contributed by atoms with E-state index < -0.39 is 10.3 Å². The van der Waals surface area contributed by atoms with Crippen LogP contribution >= 0.6 is 12.6 Å². The first-order chi connectivity index (χ1) is 9.24. The molecular formula is C15H16N2O2S. The predicted molar refractivity (Wildman–Crippen MR) is 80.6 cm³/mol. The molecule has 0 aromatic heterocycles.